The number of nitrogens with zero attached hydrogens (tertiary/aromatic N) is 1. The molecule has 0 saturated carbocycles. The first-order chi connectivity index (χ1) is 26.5. The highest BCUT2D eigenvalue weighted by Gasteiger charge is 2.52. The summed E-state index contributed by atoms with van der Waals surface area (Å²) >= 11 is 0.647. The van der Waals surface area contributed by atoms with E-state index in [0.29, 0.717) is 50.0 Å². The van der Waals surface area contributed by atoms with Crippen molar-refractivity contribution in [2.75, 3.05) is 6.54 Å². The molecule has 1 aromatic heterocycles. The molecule has 0 amide bonds. The van der Waals surface area contributed by atoms with Crippen LogP contribution >= 0.6 is 11.3 Å². The van der Waals surface area contributed by atoms with Crippen molar-refractivity contribution >= 4 is 54.3 Å². The lowest BCUT2D eigenvalue weighted by Crippen LogP contribution is -2.60. The highest BCUT2D eigenvalue weighted by atomic mass is 32.3. The summed E-state index contributed by atoms with van der Waals surface area (Å²) in [5.41, 5.74) is -4.97. The Hall–Kier alpha value is -2.14. The molecule has 0 aromatic carbocycles. The summed E-state index contributed by atoms with van der Waals surface area (Å²) in [5.74, 6) is -1.23. The standard InChI is InChI=1S/C42H70N2O10S3/c1-15-24-39(17-3,36(47)29(11)54-42(22-8,25-16-2)32(14)46)43-57(51,52)35-27-33-34(26-28(10)56(49,50)38(33)55-35)44(23-9)40(18-4,19-5)37(48)30(12)53-41(20-6,21-7)31(13)45/h16,25,27-30,34,43H,15,17-24,26H2,1-14H3/b25-16-/t28-,29-,30-,34-,39?,42?/m0/s1. The maximum atomic E-state index is 14.7. The molecule has 326 valence electrons. The van der Waals surface area contributed by atoms with Crippen molar-refractivity contribution in [2.24, 2.45) is 0 Å². The number of hydrogen-bond donors (Lipinski definition) is 1. The van der Waals surface area contributed by atoms with Gasteiger partial charge in [0.15, 0.2) is 33.0 Å². The zero-order valence-corrected chi connectivity index (χ0v) is 39.3. The minimum absolute atomic E-state index is 0.0704. The number of hydrogen-bond acceptors (Lipinski definition) is 12. The molecule has 1 aliphatic heterocycles. The van der Waals surface area contributed by atoms with Crippen LogP contribution in [0.15, 0.2) is 26.6 Å². The van der Waals surface area contributed by atoms with Gasteiger partial charge in [-0.1, -0.05) is 67.9 Å². The lowest BCUT2D eigenvalue weighted by atomic mass is 9.80. The number of likely N-dealkylation sites (N-methyl/N-ethyl adjacent to an activating group) is 1. The number of fused-ring (bicyclic) bond motifs is 1. The van der Waals surface area contributed by atoms with Gasteiger partial charge in [0.2, 0.25) is 0 Å². The van der Waals surface area contributed by atoms with E-state index in [1.165, 1.54) is 26.8 Å². The van der Waals surface area contributed by atoms with Gasteiger partial charge in [-0.3, -0.25) is 24.1 Å². The Morgan fingerprint density at radius 2 is 1.46 bits per heavy atom. The van der Waals surface area contributed by atoms with Gasteiger partial charge >= 0.3 is 0 Å². The van der Waals surface area contributed by atoms with E-state index in [2.05, 4.69) is 4.72 Å². The summed E-state index contributed by atoms with van der Waals surface area (Å²) in [5, 5.41) is -0.890. The summed E-state index contributed by atoms with van der Waals surface area (Å²) < 4.78 is 71.8. The molecular formula is C42H70N2O10S3. The number of sulfonamides is 1. The fraction of sp³-hybridized carbons (Fsp3) is 0.762. The lowest BCUT2D eigenvalue weighted by molar-refractivity contribution is -0.166. The van der Waals surface area contributed by atoms with Crippen LogP contribution in [0.3, 0.4) is 0 Å². The van der Waals surface area contributed by atoms with Crippen LogP contribution in [-0.2, 0) is 48.5 Å². The first kappa shape index (κ1) is 51.0. The van der Waals surface area contributed by atoms with Gasteiger partial charge in [-0.15, -0.1) is 11.3 Å². The molecule has 6 atom stereocenters. The van der Waals surface area contributed by atoms with Crippen molar-refractivity contribution in [1.29, 1.82) is 0 Å². The summed E-state index contributed by atoms with van der Waals surface area (Å²) in [7, 11) is -8.50. The van der Waals surface area contributed by atoms with Gasteiger partial charge in [-0.25, -0.2) is 16.8 Å². The van der Waals surface area contributed by atoms with Crippen LogP contribution in [0.25, 0.3) is 0 Å². The van der Waals surface area contributed by atoms with Crippen molar-refractivity contribution in [1.82, 2.24) is 9.62 Å². The van der Waals surface area contributed by atoms with E-state index in [0.717, 1.165) is 0 Å². The van der Waals surface area contributed by atoms with E-state index in [9.17, 15) is 36.0 Å². The Morgan fingerprint density at radius 3 is 1.88 bits per heavy atom. The van der Waals surface area contributed by atoms with E-state index in [1.54, 1.807) is 46.8 Å². The minimum Gasteiger partial charge on any atom is -0.356 e. The van der Waals surface area contributed by atoms with E-state index >= 15 is 0 Å². The number of allylic oxidation sites excluding steroid dienone is 1. The van der Waals surface area contributed by atoms with Crippen LogP contribution in [0.4, 0.5) is 0 Å². The zero-order valence-electron chi connectivity index (χ0n) is 36.9. The third kappa shape index (κ3) is 9.75. The number of Topliss-reactive ketones (excluding diaryl/α,β-unsaturated/α-hetero) is 4. The molecule has 15 heteroatoms. The van der Waals surface area contributed by atoms with Crippen LogP contribution < -0.4 is 4.72 Å². The number of thiophene rings is 1. The highest BCUT2D eigenvalue weighted by molar-refractivity contribution is 7.95. The van der Waals surface area contributed by atoms with Crippen molar-refractivity contribution in [3.05, 3.63) is 23.8 Å². The van der Waals surface area contributed by atoms with Crippen LogP contribution in [0.1, 0.15) is 166 Å². The molecule has 2 heterocycles. The Kier molecular flexibility index (Phi) is 17.8. The van der Waals surface area contributed by atoms with Crippen molar-refractivity contribution in [2.45, 2.75) is 209 Å². The highest BCUT2D eigenvalue weighted by Crippen LogP contribution is 2.48. The van der Waals surface area contributed by atoms with Gasteiger partial charge in [0.25, 0.3) is 10.0 Å². The van der Waals surface area contributed by atoms with E-state index < -0.39 is 71.4 Å². The van der Waals surface area contributed by atoms with Gasteiger partial charge < -0.3 is 9.47 Å². The van der Waals surface area contributed by atoms with Gasteiger partial charge in [0, 0.05) is 11.6 Å². The smallest absolute Gasteiger partial charge is 0.251 e. The Balaban J connectivity index is 2.77. The predicted molar refractivity (Wildman–Crippen MR) is 226 cm³/mol. The quantitative estimate of drug-likeness (QED) is 0.0950. The number of nitrogens with one attached hydrogen (secondary N) is 1. The molecule has 12 nitrogen and oxygen atoms in total. The third-order valence-electron chi connectivity index (χ3n) is 12.5. The molecule has 1 aliphatic rings. The van der Waals surface area contributed by atoms with Gasteiger partial charge in [-0.05, 0) is 112 Å². The van der Waals surface area contributed by atoms with Gasteiger partial charge in [-0.2, -0.15) is 4.72 Å². The van der Waals surface area contributed by atoms with Crippen molar-refractivity contribution in [3.8, 4) is 0 Å². The largest absolute Gasteiger partial charge is 0.356 e. The molecule has 57 heavy (non-hydrogen) atoms. The lowest BCUT2D eigenvalue weighted by Gasteiger charge is -2.49. The molecule has 0 fully saturated rings. The summed E-state index contributed by atoms with van der Waals surface area (Å²) in [6.07, 6.45) is 3.66. The number of rotatable bonds is 25. The number of sulfone groups is 1. The predicted octanol–water partition coefficient (Wildman–Crippen LogP) is 7.87. The van der Waals surface area contributed by atoms with Crippen LogP contribution in [0.2, 0.25) is 0 Å². The first-order valence-electron chi connectivity index (χ1n) is 20.7. The molecule has 0 spiro atoms. The molecule has 0 bridgehead atoms. The van der Waals surface area contributed by atoms with Crippen molar-refractivity contribution < 1.29 is 45.5 Å². The van der Waals surface area contributed by atoms with Gasteiger partial charge in [0.1, 0.15) is 31.8 Å². The fourth-order valence-electron chi connectivity index (χ4n) is 8.83. The Bertz CT molecular complexity index is 1850. The number of carbonyl (C=O) groups excluding carboxylic acids is 4. The van der Waals surface area contributed by atoms with Gasteiger partial charge in [0.05, 0.1) is 16.3 Å². The van der Waals surface area contributed by atoms with E-state index in [4.69, 9.17) is 9.47 Å². The number of ether oxygens (including phenoxy) is 2. The second kappa shape index (κ2) is 19.9. The van der Waals surface area contributed by atoms with E-state index in [1.807, 2.05) is 46.4 Å². The molecule has 0 aliphatic carbocycles. The molecule has 2 rings (SSSR count). The maximum absolute atomic E-state index is 14.7. The average Bonchev–Trinajstić information content (AvgIpc) is 3.65. The number of ketones is 4. The van der Waals surface area contributed by atoms with E-state index in [-0.39, 0.29) is 57.0 Å². The van der Waals surface area contributed by atoms with Crippen LogP contribution in [0.5, 0.6) is 0 Å². The third-order valence-corrected chi connectivity index (χ3v) is 18.4. The van der Waals surface area contributed by atoms with Crippen molar-refractivity contribution in [3.63, 3.8) is 0 Å². The molecular weight excluding hydrogens is 789 g/mol. The minimum atomic E-state index is -4.53. The molecule has 0 saturated heterocycles. The Labute approximate surface area is 347 Å². The summed E-state index contributed by atoms with van der Waals surface area (Å²) in [4.78, 5) is 56.5. The SMILES string of the molecule is C/C=C\C(CC)(O[C@@H](C)C(=O)C(CC)(CCC)NS(=O)(=O)c1cc2c(s1)S(=O)(=O)[C@@H](C)C[C@@H]2N(CC)C(CC)(CC)C(=O)[C@H](C)OC(CC)(CC)C(C)=O)C(C)=O. The average molecular weight is 859 g/mol. The Morgan fingerprint density at radius 1 is 0.895 bits per heavy atom. The summed E-state index contributed by atoms with van der Waals surface area (Å²) in [6.45, 7) is 24.4. The zero-order chi connectivity index (χ0) is 43.9. The molecule has 1 aromatic rings. The topological polar surface area (TPSA) is 170 Å². The molecule has 2 unspecified atom stereocenters. The second-order valence-electron chi connectivity index (χ2n) is 15.5. The number of carbonyl (C=O) groups is 4. The molecule has 1 N–H and O–H groups in total. The second-order valence-corrected chi connectivity index (χ2v) is 21.1. The van der Waals surface area contributed by atoms with Crippen LogP contribution in [-0.4, -0.2) is 91.2 Å². The fourth-order valence-corrected chi connectivity index (χ4v) is 14.3. The summed E-state index contributed by atoms with van der Waals surface area (Å²) in [6, 6.07) is 0.728. The monoisotopic (exact) mass is 858 g/mol. The molecule has 0 radical (unpaired) electrons. The maximum Gasteiger partial charge on any atom is 0.251 e. The normalized spacial score (nSPS) is 20.8. The first-order valence-corrected chi connectivity index (χ1v) is 24.6. The van der Waals surface area contributed by atoms with Crippen LogP contribution in [0, 0.1) is 0 Å².